The van der Waals surface area contributed by atoms with E-state index in [1.54, 1.807) is 18.2 Å². The highest BCUT2D eigenvalue weighted by Gasteiger charge is 2.36. The number of aryl methyl sites for hydroxylation is 1. The van der Waals surface area contributed by atoms with Gasteiger partial charge in [-0.15, -0.1) is 0 Å². The van der Waals surface area contributed by atoms with Crippen molar-refractivity contribution >= 4 is 34.8 Å². The van der Waals surface area contributed by atoms with Crippen LogP contribution in [0.2, 0.25) is 0 Å². The molecule has 1 fully saturated rings. The van der Waals surface area contributed by atoms with E-state index in [1.807, 2.05) is 31.2 Å². The lowest BCUT2D eigenvalue weighted by molar-refractivity contribution is -0.123. The van der Waals surface area contributed by atoms with Crippen LogP contribution >= 0.6 is 0 Å². The van der Waals surface area contributed by atoms with Crippen LogP contribution in [0.3, 0.4) is 0 Å². The number of hydrogen-bond donors (Lipinski definition) is 2. The van der Waals surface area contributed by atoms with E-state index in [0.29, 0.717) is 11.4 Å². The Kier molecular flexibility index (Phi) is 4.96. The second-order valence-corrected chi connectivity index (χ2v) is 7.48. The van der Waals surface area contributed by atoms with Gasteiger partial charge in [0.15, 0.2) is 6.10 Å². The van der Waals surface area contributed by atoms with Crippen molar-refractivity contribution in [3.8, 4) is 0 Å². The molecule has 2 aromatic carbocycles. The molecule has 150 valence electrons. The molecule has 0 radical (unpaired) electrons. The van der Waals surface area contributed by atoms with Crippen molar-refractivity contribution in [1.29, 1.82) is 0 Å². The number of nitrogens with one attached hydrogen (secondary N) is 2. The molecule has 2 aliphatic rings. The molecule has 29 heavy (non-hydrogen) atoms. The molecule has 0 unspecified atom stereocenters. The Morgan fingerprint density at radius 3 is 2.86 bits per heavy atom. The number of ether oxygens (including phenoxy) is 1. The Balaban J connectivity index is 1.44. The van der Waals surface area contributed by atoms with Gasteiger partial charge in [0, 0.05) is 12.2 Å². The zero-order valence-corrected chi connectivity index (χ0v) is 16.4. The van der Waals surface area contributed by atoms with Crippen LogP contribution < -0.4 is 15.5 Å². The van der Waals surface area contributed by atoms with Gasteiger partial charge in [-0.2, -0.15) is 0 Å². The molecule has 2 aromatic rings. The first-order valence-corrected chi connectivity index (χ1v) is 9.72. The van der Waals surface area contributed by atoms with Gasteiger partial charge in [0.2, 0.25) is 5.91 Å². The highest BCUT2D eigenvalue weighted by Crippen LogP contribution is 2.37. The van der Waals surface area contributed by atoms with E-state index >= 15 is 0 Å². The van der Waals surface area contributed by atoms with E-state index in [2.05, 4.69) is 15.5 Å². The van der Waals surface area contributed by atoms with Gasteiger partial charge in [0.25, 0.3) is 5.91 Å². The number of nitrogens with zero attached hydrogens (tertiary/aromatic N) is 1. The number of esters is 1. The van der Waals surface area contributed by atoms with Gasteiger partial charge >= 0.3 is 5.97 Å². The maximum atomic E-state index is 12.5. The zero-order valence-electron chi connectivity index (χ0n) is 16.4. The van der Waals surface area contributed by atoms with Gasteiger partial charge in [-0.05, 0) is 62.6 Å². The summed E-state index contributed by atoms with van der Waals surface area (Å²) in [6.07, 6.45) is 0.842. The standard InChI is InChI=1S/C22H23N3O4/c1-13-5-3-6-16(11-13)23-20(26)14(2)29-22(28)15-8-9-18-17(12-15)24-21(27)19-7-4-10-25(18)19/h3,5-6,8-9,11-12,14,19H,4,7,10H2,1-2H3,(H,23,26)(H,24,27)/t14-,19+/m0/s1. The fraction of sp³-hybridized carbons (Fsp3) is 0.318. The van der Waals surface area contributed by atoms with E-state index in [-0.39, 0.29) is 17.5 Å². The van der Waals surface area contributed by atoms with E-state index in [4.69, 9.17) is 4.74 Å². The van der Waals surface area contributed by atoms with Gasteiger partial charge in [-0.25, -0.2) is 4.79 Å². The largest absolute Gasteiger partial charge is 0.449 e. The molecule has 2 atom stereocenters. The average Bonchev–Trinajstić information content (AvgIpc) is 3.18. The quantitative estimate of drug-likeness (QED) is 0.780. The number of carbonyl (C=O) groups excluding carboxylic acids is 3. The lowest BCUT2D eigenvalue weighted by Crippen LogP contribution is -2.43. The summed E-state index contributed by atoms with van der Waals surface area (Å²) >= 11 is 0. The number of carbonyl (C=O) groups is 3. The van der Waals surface area contributed by atoms with Crippen molar-refractivity contribution in [2.24, 2.45) is 0 Å². The molecule has 0 spiro atoms. The molecule has 7 heteroatoms. The minimum Gasteiger partial charge on any atom is -0.449 e. The summed E-state index contributed by atoms with van der Waals surface area (Å²) in [7, 11) is 0. The molecule has 0 aliphatic carbocycles. The van der Waals surface area contributed by atoms with Crippen LogP contribution in [-0.4, -0.2) is 36.5 Å². The Morgan fingerprint density at radius 2 is 2.07 bits per heavy atom. The van der Waals surface area contributed by atoms with Crippen molar-refractivity contribution in [1.82, 2.24) is 0 Å². The van der Waals surface area contributed by atoms with E-state index < -0.39 is 18.0 Å². The first-order valence-electron chi connectivity index (χ1n) is 9.72. The predicted molar refractivity (Wildman–Crippen MR) is 110 cm³/mol. The normalized spacial score (nSPS) is 18.3. The van der Waals surface area contributed by atoms with Crippen molar-refractivity contribution in [2.75, 3.05) is 22.1 Å². The van der Waals surface area contributed by atoms with Gasteiger partial charge in [-0.1, -0.05) is 12.1 Å². The molecular weight excluding hydrogens is 370 g/mol. The van der Waals surface area contributed by atoms with Crippen molar-refractivity contribution in [3.63, 3.8) is 0 Å². The van der Waals surface area contributed by atoms with Crippen LogP contribution in [0.5, 0.6) is 0 Å². The molecule has 0 aromatic heterocycles. The maximum Gasteiger partial charge on any atom is 0.338 e. The average molecular weight is 393 g/mol. The number of fused-ring (bicyclic) bond motifs is 3. The van der Waals surface area contributed by atoms with Crippen molar-refractivity contribution in [3.05, 3.63) is 53.6 Å². The Morgan fingerprint density at radius 1 is 1.24 bits per heavy atom. The summed E-state index contributed by atoms with van der Waals surface area (Å²) in [6.45, 7) is 4.28. The minimum absolute atomic E-state index is 0.0496. The topological polar surface area (TPSA) is 87.7 Å². The number of rotatable bonds is 4. The first-order chi connectivity index (χ1) is 13.9. The van der Waals surface area contributed by atoms with Crippen molar-refractivity contribution in [2.45, 2.75) is 38.8 Å². The Hall–Kier alpha value is -3.35. The number of anilines is 3. The third kappa shape index (κ3) is 3.81. The lowest BCUT2D eigenvalue weighted by Gasteiger charge is -2.33. The third-order valence-corrected chi connectivity index (χ3v) is 5.29. The van der Waals surface area contributed by atoms with Crippen LogP contribution in [0.15, 0.2) is 42.5 Å². The molecule has 7 nitrogen and oxygen atoms in total. The molecule has 0 saturated carbocycles. The summed E-state index contributed by atoms with van der Waals surface area (Å²) in [5.74, 6) is -1.07. The molecule has 2 N–H and O–H groups in total. The van der Waals surface area contributed by atoms with Crippen LogP contribution in [0.1, 0.15) is 35.7 Å². The van der Waals surface area contributed by atoms with Gasteiger partial charge in [-0.3, -0.25) is 9.59 Å². The van der Waals surface area contributed by atoms with Crippen LogP contribution in [0, 0.1) is 6.92 Å². The molecule has 2 amide bonds. The molecule has 0 bridgehead atoms. The zero-order chi connectivity index (χ0) is 20.5. The molecule has 2 aliphatic heterocycles. The van der Waals surface area contributed by atoms with Gasteiger partial charge in [0.1, 0.15) is 6.04 Å². The van der Waals surface area contributed by atoms with Crippen LogP contribution in [0.25, 0.3) is 0 Å². The maximum absolute atomic E-state index is 12.5. The van der Waals surface area contributed by atoms with Gasteiger partial charge < -0.3 is 20.3 Å². The smallest absolute Gasteiger partial charge is 0.338 e. The number of benzene rings is 2. The first kappa shape index (κ1) is 19.0. The van der Waals surface area contributed by atoms with E-state index in [9.17, 15) is 14.4 Å². The van der Waals surface area contributed by atoms with Crippen LogP contribution in [-0.2, 0) is 14.3 Å². The summed E-state index contributed by atoms with van der Waals surface area (Å²) in [5.41, 5.74) is 3.46. The minimum atomic E-state index is -0.961. The molecule has 4 rings (SSSR count). The fourth-order valence-corrected chi connectivity index (χ4v) is 3.81. The molecule has 2 heterocycles. The second kappa shape index (κ2) is 7.58. The number of amides is 2. The fourth-order valence-electron chi connectivity index (χ4n) is 3.81. The second-order valence-electron chi connectivity index (χ2n) is 7.48. The van der Waals surface area contributed by atoms with Crippen molar-refractivity contribution < 1.29 is 19.1 Å². The predicted octanol–water partition coefficient (Wildman–Crippen LogP) is 3.10. The highest BCUT2D eigenvalue weighted by molar-refractivity contribution is 6.05. The highest BCUT2D eigenvalue weighted by atomic mass is 16.5. The Labute approximate surface area is 169 Å². The summed E-state index contributed by atoms with van der Waals surface area (Å²) < 4.78 is 5.33. The van der Waals surface area contributed by atoms with E-state index in [0.717, 1.165) is 30.6 Å². The van der Waals surface area contributed by atoms with Gasteiger partial charge in [0.05, 0.1) is 16.9 Å². The van der Waals surface area contributed by atoms with E-state index in [1.165, 1.54) is 6.92 Å². The number of hydrogen-bond acceptors (Lipinski definition) is 5. The van der Waals surface area contributed by atoms with Crippen LogP contribution in [0.4, 0.5) is 17.1 Å². The molecule has 1 saturated heterocycles. The third-order valence-electron chi connectivity index (χ3n) is 5.29. The lowest BCUT2D eigenvalue weighted by atomic mass is 10.1. The summed E-state index contributed by atoms with van der Waals surface area (Å²) in [6, 6.07) is 12.3. The monoisotopic (exact) mass is 393 g/mol. The summed E-state index contributed by atoms with van der Waals surface area (Å²) in [5, 5.41) is 5.61. The Bertz CT molecular complexity index is 988. The molecular formula is C22H23N3O4. The summed E-state index contributed by atoms with van der Waals surface area (Å²) in [4.78, 5) is 39.2. The SMILES string of the molecule is Cc1cccc(NC(=O)[C@H](C)OC(=O)c2ccc3c(c2)NC(=O)[C@H]2CCCN32)c1.